The predicted octanol–water partition coefficient (Wildman–Crippen LogP) is 2.05. The first-order chi connectivity index (χ1) is 8.29. The summed E-state index contributed by atoms with van der Waals surface area (Å²) in [6.45, 7) is 1.74. The van der Waals surface area contributed by atoms with E-state index in [1.54, 1.807) is 0 Å². The summed E-state index contributed by atoms with van der Waals surface area (Å²) in [5.41, 5.74) is 1.34. The molecule has 1 aromatic rings. The van der Waals surface area contributed by atoms with Crippen LogP contribution < -0.4 is 5.32 Å². The molecule has 0 aliphatic carbocycles. The number of esters is 1. The zero-order chi connectivity index (χ0) is 12.1. The lowest BCUT2D eigenvalue weighted by atomic mass is 9.86. The Morgan fingerprint density at radius 1 is 1.33 bits per heavy atom. The topological polar surface area (TPSA) is 38.3 Å². The number of methoxy groups -OCH3 is 1. The highest BCUT2D eigenvalue weighted by Gasteiger charge is 2.27. The van der Waals surface area contributed by atoms with Gasteiger partial charge in [0, 0.05) is 6.54 Å². The van der Waals surface area contributed by atoms with Gasteiger partial charge in [-0.25, -0.2) is 0 Å². The Hall–Kier alpha value is -1.06. The molecule has 0 aromatic heterocycles. The van der Waals surface area contributed by atoms with E-state index in [0.29, 0.717) is 5.92 Å². The van der Waals surface area contributed by atoms with Crippen LogP contribution in [0.1, 0.15) is 12.0 Å². The summed E-state index contributed by atoms with van der Waals surface area (Å²) in [6, 6.07) is 10.4. The van der Waals surface area contributed by atoms with E-state index in [0.717, 1.165) is 25.9 Å². The van der Waals surface area contributed by atoms with Crippen molar-refractivity contribution in [2.45, 2.75) is 12.8 Å². The molecule has 0 radical (unpaired) electrons. The first kappa shape index (κ1) is 15.0. The molecule has 2 atom stereocenters. The standard InChI is InChI=1S/C14H19NO2.ClH/c1-17-14(16)13-8-12(9-15-10-13)7-11-5-3-2-4-6-11;/h2-6,12-13,15H,7-10H2,1H3;1H. The van der Waals surface area contributed by atoms with Crippen molar-refractivity contribution in [2.75, 3.05) is 20.2 Å². The van der Waals surface area contributed by atoms with Gasteiger partial charge in [0.15, 0.2) is 0 Å². The first-order valence-electron chi connectivity index (χ1n) is 6.12. The average Bonchev–Trinajstić information content (AvgIpc) is 2.39. The highest BCUT2D eigenvalue weighted by atomic mass is 35.5. The summed E-state index contributed by atoms with van der Waals surface area (Å²) < 4.78 is 4.81. The van der Waals surface area contributed by atoms with Gasteiger partial charge in [-0.2, -0.15) is 0 Å². The van der Waals surface area contributed by atoms with Gasteiger partial charge in [0.2, 0.25) is 0 Å². The van der Waals surface area contributed by atoms with Gasteiger partial charge in [-0.05, 0) is 30.9 Å². The summed E-state index contributed by atoms with van der Waals surface area (Å²) in [6.07, 6.45) is 1.95. The largest absolute Gasteiger partial charge is 0.469 e. The van der Waals surface area contributed by atoms with Gasteiger partial charge >= 0.3 is 5.97 Å². The van der Waals surface area contributed by atoms with E-state index in [9.17, 15) is 4.79 Å². The quantitative estimate of drug-likeness (QED) is 0.854. The zero-order valence-corrected chi connectivity index (χ0v) is 11.4. The first-order valence-corrected chi connectivity index (χ1v) is 6.12. The fourth-order valence-electron chi connectivity index (χ4n) is 2.48. The van der Waals surface area contributed by atoms with E-state index in [-0.39, 0.29) is 24.3 Å². The third-order valence-corrected chi connectivity index (χ3v) is 3.34. The Morgan fingerprint density at radius 3 is 2.72 bits per heavy atom. The SMILES string of the molecule is COC(=O)C1CNCC(Cc2ccccc2)C1.Cl. The van der Waals surface area contributed by atoms with Crippen LogP contribution in [0, 0.1) is 11.8 Å². The van der Waals surface area contributed by atoms with Crippen LogP contribution in [0.3, 0.4) is 0 Å². The van der Waals surface area contributed by atoms with Crippen molar-refractivity contribution in [3.05, 3.63) is 35.9 Å². The van der Waals surface area contributed by atoms with Gasteiger partial charge < -0.3 is 10.1 Å². The fourth-order valence-corrected chi connectivity index (χ4v) is 2.48. The Morgan fingerprint density at radius 2 is 2.06 bits per heavy atom. The van der Waals surface area contributed by atoms with E-state index in [1.807, 2.05) is 6.07 Å². The number of ether oxygens (including phenoxy) is 1. The fraction of sp³-hybridized carbons (Fsp3) is 0.500. The highest BCUT2D eigenvalue weighted by Crippen LogP contribution is 2.21. The van der Waals surface area contributed by atoms with Gasteiger partial charge in [-0.1, -0.05) is 30.3 Å². The van der Waals surface area contributed by atoms with Gasteiger partial charge in [0.25, 0.3) is 0 Å². The van der Waals surface area contributed by atoms with Crippen molar-refractivity contribution in [1.29, 1.82) is 0 Å². The third kappa shape index (κ3) is 4.00. The lowest BCUT2D eigenvalue weighted by Gasteiger charge is -2.28. The molecule has 2 unspecified atom stereocenters. The van der Waals surface area contributed by atoms with Crippen molar-refractivity contribution in [1.82, 2.24) is 5.32 Å². The molecule has 2 rings (SSSR count). The highest BCUT2D eigenvalue weighted by molar-refractivity contribution is 5.85. The van der Waals surface area contributed by atoms with Crippen LogP contribution in [0.4, 0.5) is 0 Å². The van der Waals surface area contributed by atoms with E-state index in [1.165, 1.54) is 12.7 Å². The molecule has 1 aliphatic heterocycles. The van der Waals surface area contributed by atoms with Gasteiger partial charge in [-0.3, -0.25) is 4.79 Å². The second-order valence-corrected chi connectivity index (χ2v) is 4.67. The Balaban J connectivity index is 0.00000162. The minimum Gasteiger partial charge on any atom is -0.469 e. The zero-order valence-electron chi connectivity index (χ0n) is 10.6. The molecule has 0 saturated carbocycles. The van der Waals surface area contributed by atoms with Crippen LogP contribution >= 0.6 is 12.4 Å². The number of carbonyl (C=O) groups is 1. The second kappa shape index (κ2) is 7.39. The van der Waals surface area contributed by atoms with Crippen molar-refractivity contribution >= 4 is 18.4 Å². The van der Waals surface area contributed by atoms with E-state index >= 15 is 0 Å². The minimum atomic E-state index is -0.0877. The van der Waals surface area contributed by atoms with Crippen LogP contribution in [-0.4, -0.2) is 26.2 Å². The van der Waals surface area contributed by atoms with Crippen molar-refractivity contribution in [3.8, 4) is 0 Å². The number of rotatable bonds is 3. The van der Waals surface area contributed by atoms with Crippen LogP contribution in [0.5, 0.6) is 0 Å². The molecule has 4 heteroatoms. The summed E-state index contributed by atoms with van der Waals surface area (Å²) in [5.74, 6) is 0.452. The maximum absolute atomic E-state index is 11.5. The molecule has 1 saturated heterocycles. The lowest BCUT2D eigenvalue weighted by molar-refractivity contribution is -0.146. The second-order valence-electron chi connectivity index (χ2n) is 4.67. The van der Waals surface area contributed by atoms with Crippen LogP contribution in [0.25, 0.3) is 0 Å². The summed E-state index contributed by atoms with van der Waals surface area (Å²) in [4.78, 5) is 11.5. The number of halogens is 1. The molecule has 1 aliphatic rings. The summed E-state index contributed by atoms with van der Waals surface area (Å²) >= 11 is 0. The van der Waals surface area contributed by atoms with Crippen molar-refractivity contribution in [2.24, 2.45) is 11.8 Å². The number of piperidine rings is 1. The van der Waals surface area contributed by atoms with Crippen LogP contribution in [0.2, 0.25) is 0 Å². The lowest BCUT2D eigenvalue weighted by Crippen LogP contribution is -2.40. The van der Waals surface area contributed by atoms with Gasteiger partial charge in [0.1, 0.15) is 0 Å². The number of carbonyl (C=O) groups excluding carboxylic acids is 1. The number of nitrogens with one attached hydrogen (secondary N) is 1. The molecule has 1 aromatic carbocycles. The number of hydrogen-bond donors (Lipinski definition) is 1. The minimum absolute atomic E-state index is 0. The monoisotopic (exact) mass is 269 g/mol. The predicted molar refractivity (Wildman–Crippen MR) is 73.9 cm³/mol. The molecule has 1 N–H and O–H groups in total. The Bertz CT molecular complexity index is 369. The average molecular weight is 270 g/mol. The molecule has 18 heavy (non-hydrogen) atoms. The Labute approximate surface area is 114 Å². The molecule has 1 heterocycles. The normalized spacial score (nSPS) is 22.9. The van der Waals surface area contributed by atoms with Crippen LogP contribution in [0.15, 0.2) is 30.3 Å². The molecule has 0 spiro atoms. The Kier molecular flexibility index (Phi) is 6.16. The molecular formula is C14H20ClNO2. The smallest absolute Gasteiger partial charge is 0.309 e. The maximum atomic E-state index is 11.5. The number of hydrogen-bond acceptors (Lipinski definition) is 3. The molecule has 0 bridgehead atoms. The van der Waals surface area contributed by atoms with Gasteiger partial charge in [-0.15, -0.1) is 12.4 Å². The van der Waals surface area contributed by atoms with E-state index in [2.05, 4.69) is 29.6 Å². The van der Waals surface area contributed by atoms with E-state index < -0.39 is 0 Å². The molecule has 100 valence electrons. The number of benzene rings is 1. The van der Waals surface area contributed by atoms with Crippen molar-refractivity contribution < 1.29 is 9.53 Å². The molecule has 3 nitrogen and oxygen atoms in total. The van der Waals surface area contributed by atoms with Crippen molar-refractivity contribution in [3.63, 3.8) is 0 Å². The van der Waals surface area contributed by atoms with Crippen LogP contribution in [-0.2, 0) is 16.0 Å². The molecule has 0 amide bonds. The summed E-state index contributed by atoms with van der Waals surface area (Å²) in [5, 5.41) is 3.32. The third-order valence-electron chi connectivity index (χ3n) is 3.34. The summed E-state index contributed by atoms with van der Waals surface area (Å²) in [7, 11) is 1.46. The van der Waals surface area contributed by atoms with Gasteiger partial charge in [0.05, 0.1) is 13.0 Å². The molecular weight excluding hydrogens is 250 g/mol. The van der Waals surface area contributed by atoms with E-state index in [4.69, 9.17) is 4.74 Å². The maximum Gasteiger partial charge on any atom is 0.309 e. The molecule has 1 fully saturated rings.